The Morgan fingerprint density at radius 1 is 1.11 bits per heavy atom. The van der Waals surface area contributed by atoms with E-state index < -0.39 is 23.8 Å². The molecule has 0 amide bonds. The fourth-order valence-electron chi connectivity index (χ4n) is 3.41. The topological polar surface area (TPSA) is 113 Å². The van der Waals surface area contributed by atoms with Gasteiger partial charge in [0.1, 0.15) is 11.6 Å². The second-order valence-corrected chi connectivity index (χ2v) is 7.86. The van der Waals surface area contributed by atoms with E-state index in [1.807, 2.05) is 6.92 Å². The normalized spacial score (nSPS) is 12.4. The molecule has 0 aliphatic carbocycles. The number of pyridine rings is 2. The molecule has 1 atom stereocenters. The second kappa shape index (κ2) is 9.55. The molecule has 0 bridgehead atoms. The third-order valence-electron chi connectivity index (χ3n) is 5.14. The number of aliphatic hydroxyl groups is 1. The maximum Gasteiger partial charge on any atom is 0.416 e. The van der Waals surface area contributed by atoms with E-state index in [1.54, 1.807) is 36.7 Å². The molecular weight excluding hydrogens is 463 g/mol. The fraction of sp³-hybridized carbons (Fsp3) is 0.167. The predicted octanol–water partition coefficient (Wildman–Crippen LogP) is 4.84. The Morgan fingerprint density at radius 2 is 1.86 bits per heavy atom. The summed E-state index contributed by atoms with van der Waals surface area (Å²) >= 11 is 0. The highest BCUT2D eigenvalue weighted by atomic mass is 19.4. The number of aromatic nitrogens is 4. The summed E-state index contributed by atoms with van der Waals surface area (Å²) in [6.07, 6.45) is -1.08. The van der Waals surface area contributed by atoms with Crippen LogP contribution in [0.4, 0.5) is 24.8 Å². The number of benzene rings is 1. The van der Waals surface area contributed by atoms with E-state index in [0.29, 0.717) is 22.6 Å². The van der Waals surface area contributed by atoms with Gasteiger partial charge in [0.25, 0.3) is 0 Å². The number of nitrogens with zero attached hydrogens (tertiary/aromatic N) is 4. The molecule has 4 rings (SSSR count). The van der Waals surface area contributed by atoms with Crippen molar-refractivity contribution in [2.75, 3.05) is 5.32 Å². The number of carboxylic acids is 1. The first-order valence-corrected chi connectivity index (χ1v) is 10.4. The summed E-state index contributed by atoms with van der Waals surface area (Å²) in [5.74, 6) is -0.721. The maximum atomic E-state index is 13.0. The average molecular weight is 483 g/mol. The van der Waals surface area contributed by atoms with E-state index in [4.69, 9.17) is 5.11 Å². The minimum absolute atomic E-state index is 0.0107. The average Bonchev–Trinajstić information content (AvgIpc) is 3.27. The first-order chi connectivity index (χ1) is 16.6. The van der Waals surface area contributed by atoms with Gasteiger partial charge in [0.15, 0.2) is 0 Å². The number of aryl methyl sites for hydroxylation is 1. The van der Waals surface area contributed by atoms with Crippen LogP contribution in [-0.4, -0.2) is 35.9 Å². The van der Waals surface area contributed by atoms with Gasteiger partial charge in [-0.3, -0.25) is 4.68 Å². The molecule has 180 valence electrons. The number of alkyl halides is 3. The molecule has 0 fully saturated rings. The lowest BCUT2D eigenvalue weighted by Crippen LogP contribution is -2.09. The molecular formula is C24H20F3N5O3. The fourth-order valence-corrected chi connectivity index (χ4v) is 3.41. The molecule has 0 saturated heterocycles. The Kier molecular flexibility index (Phi) is 6.52. The highest BCUT2D eigenvalue weighted by Gasteiger charge is 2.30. The van der Waals surface area contributed by atoms with Crippen molar-refractivity contribution in [3.63, 3.8) is 0 Å². The lowest BCUT2D eigenvalue weighted by molar-refractivity contribution is -0.137. The molecule has 3 N–H and O–H groups in total. The van der Waals surface area contributed by atoms with E-state index in [0.717, 1.165) is 23.9 Å². The number of halogens is 3. The van der Waals surface area contributed by atoms with Gasteiger partial charge in [0.2, 0.25) is 0 Å². The Hall–Kier alpha value is -4.25. The largest absolute Gasteiger partial charge is 0.478 e. The predicted molar refractivity (Wildman–Crippen MR) is 121 cm³/mol. The summed E-state index contributed by atoms with van der Waals surface area (Å²) in [7, 11) is 0. The first-order valence-electron chi connectivity index (χ1n) is 10.4. The van der Waals surface area contributed by atoms with Crippen molar-refractivity contribution >= 4 is 17.6 Å². The zero-order chi connectivity index (χ0) is 25.2. The molecule has 0 aliphatic heterocycles. The Bertz CT molecular complexity index is 1350. The van der Waals surface area contributed by atoms with Crippen LogP contribution >= 0.6 is 0 Å². The van der Waals surface area contributed by atoms with Crippen LogP contribution in [0.3, 0.4) is 0 Å². The van der Waals surface area contributed by atoms with Gasteiger partial charge in [0, 0.05) is 18.0 Å². The van der Waals surface area contributed by atoms with Crippen molar-refractivity contribution < 1.29 is 28.2 Å². The van der Waals surface area contributed by atoms with Crippen molar-refractivity contribution in [1.29, 1.82) is 0 Å². The monoisotopic (exact) mass is 483 g/mol. The molecule has 0 spiro atoms. The molecule has 1 aromatic carbocycles. The van der Waals surface area contributed by atoms with Crippen molar-refractivity contribution in [1.82, 2.24) is 19.7 Å². The molecule has 3 heterocycles. The molecule has 11 heteroatoms. The summed E-state index contributed by atoms with van der Waals surface area (Å²) in [4.78, 5) is 19.4. The van der Waals surface area contributed by atoms with Crippen LogP contribution in [0.2, 0.25) is 0 Å². The van der Waals surface area contributed by atoms with Gasteiger partial charge in [-0.05, 0) is 54.4 Å². The summed E-state index contributed by atoms with van der Waals surface area (Å²) in [5.41, 5.74) is 1.84. The van der Waals surface area contributed by atoms with Gasteiger partial charge in [0.05, 0.1) is 35.7 Å². The number of carboxylic acid groups (broad SMARTS) is 1. The second-order valence-electron chi connectivity index (χ2n) is 7.86. The van der Waals surface area contributed by atoms with Crippen molar-refractivity contribution in [2.45, 2.75) is 25.7 Å². The van der Waals surface area contributed by atoms with Gasteiger partial charge in [-0.2, -0.15) is 18.3 Å². The number of nitrogens with one attached hydrogen (secondary N) is 1. The summed E-state index contributed by atoms with van der Waals surface area (Å²) in [6, 6.07) is 11.2. The van der Waals surface area contributed by atoms with E-state index in [9.17, 15) is 23.1 Å². The van der Waals surface area contributed by atoms with Gasteiger partial charge in [-0.15, -0.1) is 0 Å². The first kappa shape index (κ1) is 23.9. The number of aromatic carboxylic acids is 1. The third kappa shape index (κ3) is 5.82. The highest BCUT2D eigenvalue weighted by molar-refractivity contribution is 5.87. The van der Waals surface area contributed by atoms with E-state index in [2.05, 4.69) is 20.4 Å². The van der Waals surface area contributed by atoms with E-state index in [1.165, 1.54) is 16.8 Å². The van der Waals surface area contributed by atoms with Gasteiger partial charge in [-0.1, -0.05) is 12.1 Å². The smallest absolute Gasteiger partial charge is 0.416 e. The quantitative estimate of drug-likeness (QED) is 0.345. The van der Waals surface area contributed by atoms with Gasteiger partial charge >= 0.3 is 12.1 Å². The number of hydrogen-bond acceptors (Lipinski definition) is 6. The van der Waals surface area contributed by atoms with Crippen LogP contribution in [-0.2, 0) is 12.7 Å². The Labute approximate surface area is 197 Å². The molecule has 1 unspecified atom stereocenters. The van der Waals surface area contributed by atoms with Gasteiger partial charge in [-0.25, -0.2) is 14.8 Å². The minimum Gasteiger partial charge on any atom is -0.478 e. The number of rotatable bonds is 7. The molecule has 0 aliphatic rings. The van der Waals surface area contributed by atoms with Crippen LogP contribution in [0.15, 0.2) is 67.1 Å². The van der Waals surface area contributed by atoms with E-state index >= 15 is 0 Å². The molecule has 0 radical (unpaired) electrons. The lowest BCUT2D eigenvalue weighted by Gasteiger charge is -2.11. The van der Waals surface area contributed by atoms with Crippen LogP contribution in [0, 0.1) is 6.92 Å². The van der Waals surface area contributed by atoms with Crippen molar-refractivity contribution in [3.05, 3.63) is 89.4 Å². The molecule has 4 aromatic rings. The van der Waals surface area contributed by atoms with Crippen LogP contribution in [0.25, 0.3) is 11.3 Å². The number of carbonyl (C=O) groups is 1. The zero-order valence-corrected chi connectivity index (χ0v) is 18.4. The summed E-state index contributed by atoms with van der Waals surface area (Å²) < 4.78 is 40.5. The lowest BCUT2D eigenvalue weighted by atomic mass is 10.1. The highest BCUT2D eigenvalue weighted by Crippen LogP contribution is 2.31. The molecule has 0 saturated carbocycles. The SMILES string of the molecule is Cc1cc(Nc2cc(C(F)(F)F)ccn2)nc(-c2cnn(CC(O)c3ccc(C(=O)O)cc3)c2)c1. The standard InChI is InChI=1S/C24H20F3N5O3/c1-14-8-19(30-22(9-14)31-21-10-18(6-7-28-21)24(25,26)27)17-11-29-32(12-17)13-20(33)15-2-4-16(5-3-15)23(34)35/h2-12,20,33H,13H2,1H3,(H,34,35)(H,28,30,31). The van der Waals surface area contributed by atoms with Crippen molar-refractivity contribution in [2.24, 2.45) is 0 Å². The van der Waals surface area contributed by atoms with Gasteiger partial charge < -0.3 is 15.5 Å². The van der Waals surface area contributed by atoms with Crippen LogP contribution in [0.1, 0.15) is 33.2 Å². The van der Waals surface area contributed by atoms with Crippen molar-refractivity contribution in [3.8, 4) is 11.3 Å². The Balaban J connectivity index is 1.50. The maximum absolute atomic E-state index is 13.0. The molecule has 3 aromatic heterocycles. The zero-order valence-electron chi connectivity index (χ0n) is 18.4. The Morgan fingerprint density at radius 3 is 2.54 bits per heavy atom. The third-order valence-corrected chi connectivity index (χ3v) is 5.14. The van der Waals surface area contributed by atoms with Crippen LogP contribution in [0.5, 0.6) is 0 Å². The van der Waals surface area contributed by atoms with E-state index in [-0.39, 0.29) is 17.9 Å². The number of aliphatic hydroxyl groups excluding tert-OH is 1. The summed E-state index contributed by atoms with van der Waals surface area (Å²) in [6.45, 7) is 1.95. The van der Waals surface area contributed by atoms with Crippen LogP contribution < -0.4 is 5.32 Å². The summed E-state index contributed by atoms with van der Waals surface area (Å²) in [5, 5.41) is 26.5. The molecule has 8 nitrogen and oxygen atoms in total. The minimum atomic E-state index is -4.48. The molecule has 35 heavy (non-hydrogen) atoms. The number of anilines is 2. The number of hydrogen-bond donors (Lipinski definition) is 3.